The van der Waals surface area contributed by atoms with E-state index in [1.807, 2.05) is 54.6 Å². The van der Waals surface area contributed by atoms with E-state index in [0.29, 0.717) is 41.4 Å². The van der Waals surface area contributed by atoms with Gasteiger partial charge in [-0.1, -0.05) is 50.2 Å². The van der Waals surface area contributed by atoms with Crippen molar-refractivity contribution in [3.63, 3.8) is 0 Å². The van der Waals surface area contributed by atoms with E-state index in [1.165, 1.54) is 11.3 Å². The molecule has 1 aromatic heterocycles. The van der Waals surface area contributed by atoms with Crippen molar-refractivity contribution in [3.8, 4) is 0 Å². The minimum Gasteiger partial charge on any atom is -1.00 e. The summed E-state index contributed by atoms with van der Waals surface area (Å²) in [5.41, 5.74) is 5.07. The van der Waals surface area contributed by atoms with Gasteiger partial charge in [0.05, 0.1) is 16.5 Å². The number of hydrogen-bond donors (Lipinski definition) is 4. The molecule has 0 bridgehead atoms. The first-order chi connectivity index (χ1) is 28.2. The van der Waals surface area contributed by atoms with E-state index in [9.17, 15) is 29.1 Å². The third kappa shape index (κ3) is 13.0. The summed E-state index contributed by atoms with van der Waals surface area (Å²) in [6, 6.07) is 22.4. The number of nitrogens with one attached hydrogen (secondary N) is 2. The number of nitrogens with zero attached hydrogens (tertiary/aromatic N) is 2. The van der Waals surface area contributed by atoms with E-state index in [2.05, 4.69) is 29.4 Å². The first-order valence-electron chi connectivity index (χ1n) is 20.7. The third-order valence-electron chi connectivity index (χ3n) is 11.5. The maximum absolute atomic E-state index is 14.0. The Kier molecular flexibility index (Phi) is 17.9. The van der Waals surface area contributed by atoms with Gasteiger partial charge in [0.15, 0.2) is 0 Å². The largest absolute Gasteiger partial charge is 2.00 e. The Hall–Kier alpha value is -4.56. The van der Waals surface area contributed by atoms with Gasteiger partial charge in [0.2, 0.25) is 5.91 Å². The number of rotatable bonds is 20. The molecule has 0 atom stereocenters. The molecule has 0 saturated carbocycles. The quantitative estimate of drug-likeness (QED) is 0.0644. The Morgan fingerprint density at radius 2 is 1.43 bits per heavy atom. The number of aromatic carboxylic acids is 1. The van der Waals surface area contributed by atoms with Crippen LogP contribution in [0.3, 0.4) is 0 Å². The SMILES string of the molecule is CCC(CC)N(CCN(C)C(=O)CCC(C)(C)C(=O)O)Cc1cccc(C(=O)Nc2sc3c(c2C(=O)Nc2ccc(CCc4ccc(C(=O)O)cc4)cc2)CCCC3)c1.[H-].[H-].[Mg+2]. The standard InChI is InChI=1S/C47H58N4O7S.Mg.2H/c1-6-37(7-2)51(28-27-50(5)40(52)25-26-47(3,4)46(57)58)30-33-11-10-12-35(29-33)42(53)49-44-41(38-13-8-9-14-39(38)59-44)43(54)48-36-23-19-32(20-24-36)16-15-31-17-21-34(22-18-31)45(55)56;;;/h10-12,17-24,29,37H,6-9,13-16,25-28,30H2,1-5H3,(H,48,54)(H,49,53)(H,55,56)(H,57,58);;;/q;+2;2*-1. The minimum absolute atomic E-state index is 0. The zero-order valence-electron chi connectivity index (χ0n) is 37.6. The zero-order valence-corrected chi connectivity index (χ0v) is 37.9. The molecule has 1 aliphatic carbocycles. The first kappa shape index (κ1) is 48.1. The average molecular weight is 849 g/mol. The van der Waals surface area contributed by atoms with Gasteiger partial charge in [-0.3, -0.25) is 24.1 Å². The second-order valence-electron chi connectivity index (χ2n) is 16.2. The second-order valence-corrected chi connectivity index (χ2v) is 17.3. The molecular weight excluding hydrogens is 789 g/mol. The molecule has 0 saturated heterocycles. The Morgan fingerprint density at radius 3 is 2.05 bits per heavy atom. The van der Waals surface area contributed by atoms with Gasteiger partial charge in [-0.25, -0.2) is 4.79 Å². The van der Waals surface area contributed by atoms with Crippen molar-refractivity contribution in [2.45, 2.75) is 104 Å². The van der Waals surface area contributed by atoms with Crippen molar-refractivity contribution >= 4 is 74.7 Å². The van der Waals surface area contributed by atoms with Crippen LogP contribution in [0.15, 0.2) is 72.8 Å². The van der Waals surface area contributed by atoms with Crippen LogP contribution in [0.1, 0.15) is 127 Å². The molecule has 1 aliphatic rings. The van der Waals surface area contributed by atoms with Crippen LogP contribution in [-0.2, 0) is 41.8 Å². The summed E-state index contributed by atoms with van der Waals surface area (Å²) in [6.07, 6.45) is 7.46. The number of carboxylic acids is 2. The molecule has 0 aliphatic heterocycles. The first-order valence-corrected chi connectivity index (χ1v) is 21.5. The van der Waals surface area contributed by atoms with Gasteiger partial charge in [0.1, 0.15) is 5.00 Å². The number of hydrogen-bond acceptors (Lipinski definition) is 7. The summed E-state index contributed by atoms with van der Waals surface area (Å²) in [5, 5.41) is 25.3. The monoisotopic (exact) mass is 848 g/mol. The number of likely N-dealkylation sites (N-methyl/N-ethyl adjacent to an activating group) is 1. The summed E-state index contributed by atoms with van der Waals surface area (Å²) >= 11 is 1.48. The van der Waals surface area contributed by atoms with Crippen LogP contribution in [-0.4, -0.2) is 98.9 Å². The van der Waals surface area contributed by atoms with Gasteiger partial charge in [-0.15, -0.1) is 11.3 Å². The fourth-order valence-corrected chi connectivity index (χ4v) is 8.76. The molecule has 0 fully saturated rings. The normalized spacial score (nSPS) is 12.4. The number of carboxylic acid groups (broad SMARTS) is 2. The molecule has 3 amide bonds. The number of carbonyl (C=O) groups excluding carboxylic acids is 3. The number of carbonyl (C=O) groups is 5. The fourth-order valence-electron chi connectivity index (χ4n) is 7.48. The van der Waals surface area contributed by atoms with Gasteiger partial charge in [-0.05, 0) is 130 Å². The van der Waals surface area contributed by atoms with Crippen LogP contribution in [0.25, 0.3) is 0 Å². The number of aliphatic carboxylic acids is 1. The Labute approximate surface area is 377 Å². The Morgan fingerprint density at radius 1 is 0.800 bits per heavy atom. The predicted octanol–water partition coefficient (Wildman–Crippen LogP) is 8.80. The van der Waals surface area contributed by atoms with E-state index in [-0.39, 0.29) is 68.1 Å². The fraction of sp³-hybridized carbons (Fsp3) is 0.426. The van der Waals surface area contributed by atoms with Crippen LogP contribution < -0.4 is 10.6 Å². The van der Waals surface area contributed by atoms with Crippen molar-refractivity contribution in [2.24, 2.45) is 5.41 Å². The molecular formula is C47H60MgN4O7S. The number of thiophene rings is 1. The summed E-state index contributed by atoms with van der Waals surface area (Å²) in [5.74, 6) is -2.49. The summed E-state index contributed by atoms with van der Waals surface area (Å²) in [4.78, 5) is 68.6. The molecule has 318 valence electrons. The van der Waals surface area contributed by atoms with Gasteiger partial charge in [-0.2, -0.15) is 0 Å². The summed E-state index contributed by atoms with van der Waals surface area (Å²) < 4.78 is 0. The number of anilines is 2. The topological polar surface area (TPSA) is 156 Å². The maximum atomic E-state index is 14.0. The molecule has 3 aromatic carbocycles. The van der Waals surface area contributed by atoms with Crippen molar-refractivity contribution in [1.82, 2.24) is 9.80 Å². The third-order valence-corrected chi connectivity index (χ3v) is 12.7. The predicted molar refractivity (Wildman–Crippen MR) is 242 cm³/mol. The number of amides is 3. The Bertz CT molecular complexity index is 2130. The second kappa shape index (κ2) is 22.3. The van der Waals surface area contributed by atoms with Crippen LogP contribution >= 0.6 is 11.3 Å². The van der Waals surface area contributed by atoms with Gasteiger partial charge < -0.3 is 28.6 Å². The molecule has 4 N–H and O–H groups in total. The Balaban J connectivity index is 0.00000441. The average Bonchev–Trinajstić information content (AvgIpc) is 3.60. The molecule has 11 nitrogen and oxygen atoms in total. The van der Waals surface area contributed by atoms with Gasteiger partial charge in [0, 0.05) is 55.3 Å². The molecule has 0 radical (unpaired) electrons. The van der Waals surface area contributed by atoms with Crippen LogP contribution in [0, 0.1) is 5.41 Å². The smallest absolute Gasteiger partial charge is 1.00 e. The van der Waals surface area contributed by atoms with Crippen LogP contribution in [0.4, 0.5) is 10.7 Å². The van der Waals surface area contributed by atoms with Crippen molar-refractivity contribution in [3.05, 3.63) is 117 Å². The summed E-state index contributed by atoms with van der Waals surface area (Å²) in [7, 11) is 1.76. The minimum atomic E-state index is -0.968. The van der Waals surface area contributed by atoms with Gasteiger partial charge in [0.25, 0.3) is 11.8 Å². The molecule has 0 spiro atoms. The van der Waals surface area contributed by atoms with Crippen LogP contribution in [0.5, 0.6) is 0 Å². The van der Waals surface area contributed by atoms with E-state index < -0.39 is 17.4 Å². The number of benzene rings is 3. The maximum Gasteiger partial charge on any atom is 2.00 e. The summed E-state index contributed by atoms with van der Waals surface area (Å²) in [6.45, 7) is 9.26. The number of aryl methyl sites for hydroxylation is 3. The number of fused-ring (bicyclic) bond motifs is 1. The molecule has 4 aromatic rings. The molecule has 5 rings (SSSR count). The van der Waals surface area contributed by atoms with E-state index in [4.69, 9.17) is 5.11 Å². The van der Waals surface area contributed by atoms with E-state index in [0.717, 1.165) is 78.5 Å². The van der Waals surface area contributed by atoms with E-state index in [1.54, 1.807) is 44.0 Å². The van der Waals surface area contributed by atoms with Crippen molar-refractivity contribution < 1.29 is 37.0 Å². The van der Waals surface area contributed by atoms with E-state index >= 15 is 0 Å². The molecule has 13 heteroatoms. The van der Waals surface area contributed by atoms with Crippen molar-refractivity contribution in [1.29, 1.82) is 0 Å². The molecule has 60 heavy (non-hydrogen) atoms. The zero-order chi connectivity index (χ0) is 42.7. The van der Waals surface area contributed by atoms with Crippen molar-refractivity contribution in [2.75, 3.05) is 30.8 Å². The van der Waals surface area contributed by atoms with Crippen LogP contribution in [0.2, 0.25) is 0 Å². The molecule has 1 heterocycles. The van der Waals surface area contributed by atoms with Gasteiger partial charge >= 0.3 is 35.0 Å². The molecule has 0 unspecified atom stereocenters.